The zero-order valence-corrected chi connectivity index (χ0v) is 17.1. The van der Waals surface area contributed by atoms with Gasteiger partial charge < -0.3 is 15.4 Å². The summed E-state index contributed by atoms with van der Waals surface area (Å²) in [6.07, 6.45) is 4.83. The van der Waals surface area contributed by atoms with Gasteiger partial charge in [0.25, 0.3) is 5.91 Å². The second-order valence-electron chi connectivity index (χ2n) is 7.91. The molecule has 2 aliphatic rings. The van der Waals surface area contributed by atoms with Crippen molar-refractivity contribution in [3.63, 3.8) is 0 Å². The van der Waals surface area contributed by atoms with Crippen LogP contribution in [-0.2, 0) is 19.4 Å². The molecule has 1 amide bonds. The first-order valence-corrected chi connectivity index (χ1v) is 10.1. The number of methoxy groups -OCH3 is 1. The van der Waals surface area contributed by atoms with Crippen LogP contribution in [0.3, 0.4) is 0 Å². The van der Waals surface area contributed by atoms with E-state index in [9.17, 15) is 10.1 Å². The minimum Gasteiger partial charge on any atom is -0.481 e. The van der Waals surface area contributed by atoms with E-state index in [0.717, 1.165) is 48.9 Å². The van der Waals surface area contributed by atoms with Crippen molar-refractivity contribution in [2.75, 3.05) is 12.8 Å². The Labute approximate surface area is 170 Å². The molecule has 4 rings (SSSR count). The number of nitrogens with two attached hydrogens (primary N) is 1. The summed E-state index contributed by atoms with van der Waals surface area (Å²) < 4.78 is 5.61. The van der Waals surface area contributed by atoms with Crippen molar-refractivity contribution in [2.45, 2.75) is 58.5 Å². The van der Waals surface area contributed by atoms with Gasteiger partial charge in [0, 0.05) is 22.9 Å². The van der Waals surface area contributed by atoms with Crippen LogP contribution < -0.4 is 10.5 Å². The highest BCUT2D eigenvalue weighted by molar-refractivity contribution is 6.00. The minimum atomic E-state index is -0.0435. The fourth-order valence-corrected chi connectivity index (χ4v) is 4.33. The average Bonchev–Trinajstić information content (AvgIpc) is 2.87. The van der Waals surface area contributed by atoms with Crippen LogP contribution in [-0.4, -0.2) is 33.9 Å². The molecule has 0 atom stereocenters. The summed E-state index contributed by atoms with van der Waals surface area (Å²) in [6, 6.07) is 4.13. The van der Waals surface area contributed by atoms with Crippen molar-refractivity contribution < 1.29 is 9.53 Å². The molecule has 2 aromatic heterocycles. The van der Waals surface area contributed by atoms with Gasteiger partial charge in [0.05, 0.1) is 24.9 Å². The number of pyridine rings is 2. The van der Waals surface area contributed by atoms with Crippen LogP contribution in [0, 0.1) is 11.3 Å². The fourth-order valence-electron chi connectivity index (χ4n) is 4.33. The Kier molecular flexibility index (Phi) is 4.87. The Morgan fingerprint density at radius 3 is 2.62 bits per heavy atom. The molecule has 1 aliphatic carbocycles. The van der Waals surface area contributed by atoms with E-state index in [2.05, 4.69) is 16.0 Å². The van der Waals surface area contributed by atoms with Gasteiger partial charge in [0.15, 0.2) is 0 Å². The SMILES string of the molecule is COc1nc2c(cc1-c1c(C#N)c(N)nc3c1CCCCC3)C(=O)N(C(C)C)C2. The van der Waals surface area contributed by atoms with Crippen LogP contribution in [0.5, 0.6) is 5.88 Å². The summed E-state index contributed by atoms with van der Waals surface area (Å²) in [4.78, 5) is 23.9. The standard InChI is InChI=1S/C22H25N5O2/c1-12(2)27-11-18-14(22(27)28)9-15(21(26-18)29-3)19-13-7-5-4-6-8-17(13)25-20(24)16(19)10-23/h9,12H,4-8,11H2,1-3H3,(H2,24,25). The van der Waals surface area contributed by atoms with Gasteiger partial charge in [-0.25, -0.2) is 9.97 Å². The lowest BCUT2D eigenvalue weighted by Gasteiger charge is -2.19. The molecule has 7 heteroatoms. The number of carbonyl (C=O) groups excluding carboxylic acids is 1. The largest absolute Gasteiger partial charge is 0.481 e. The maximum Gasteiger partial charge on any atom is 0.256 e. The number of fused-ring (bicyclic) bond motifs is 2. The van der Waals surface area contributed by atoms with E-state index in [1.807, 2.05) is 19.9 Å². The summed E-state index contributed by atoms with van der Waals surface area (Å²) in [5.41, 5.74) is 11.1. The van der Waals surface area contributed by atoms with Gasteiger partial charge in [-0.05, 0) is 51.2 Å². The Balaban J connectivity index is 1.98. The first kappa shape index (κ1) is 19.2. The number of amides is 1. The van der Waals surface area contributed by atoms with Gasteiger partial charge in [-0.2, -0.15) is 5.26 Å². The van der Waals surface area contributed by atoms with E-state index >= 15 is 0 Å². The van der Waals surface area contributed by atoms with E-state index in [1.165, 1.54) is 0 Å². The number of rotatable bonds is 3. The zero-order valence-electron chi connectivity index (χ0n) is 17.1. The number of hydrogen-bond acceptors (Lipinski definition) is 6. The molecule has 0 aromatic carbocycles. The molecule has 0 unspecified atom stereocenters. The summed E-state index contributed by atoms with van der Waals surface area (Å²) in [7, 11) is 1.56. The number of nitrogens with zero attached hydrogens (tertiary/aromatic N) is 4. The number of nitriles is 1. The molecular formula is C22H25N5O2. The number of anilines is 1. The number of nitrogen functional groups attached to an aromatic ring is 1. The van der Waals surface area contributed by atoms with Gasteiger partial charge in [-0.15, -0.1) is 0 Å². The number of hydrogen-bond donors (Lipinski definition) is 1. The van der Waals surface area contributed by atoms with Crippen molar-refractivity contribution >= 4 is 11.7 Å². The van der Waals surface area contributed by atoms with Crippen LogP contribution in [0.25, 0.3) is 11.1 Å². The smallest absolute Gasteiger partial charge is 0.256 e. The van der Waals surface area contributed by atoms with Crippen LogP contribution in [0.2, 0.25) is 0 Å². The maximum absolute atomic E-state index is 12.9. The molecule has 0 fully saturated rings. The van der Waals surface area contributed by atoms with Gasteiger partial charge in [0.1, 0.15) is 17.5 Å². The molecule has 7 nitrogen and oxygen atoms in total. The Morgan fingerprint density at radius 1 is 1.17 bits per heavy atom. The lowest BCUT2D eigenvalue weighted by atomic mass is 9.91. The van der Waals surface area contributed by atoms with Crippen LogP contribution >= 0.6 is 0 Å². The third-order valence-electron chi connectivity index (χ3n) is 5.83. The van der Waals surface area contributed by atoms with Gasteiger partial charge >= 0.3 is 0 Å². The highest BCUT2D eigenvalue weighted by Crippen LogP contribution is 2.41. The Morgan fingerprint density at radius 2 is 1.93 bits per heavy atom. The number of aromatic nitrogens is 2. The number of aryl methyl sites for hydroxylation is 1. The van der Waals surface area contributed by atoms with Gasteiger partial charge in [0.2, 0.25) is 5.88 Å². The highest BCUT2D eigenvalue weighted by atomic mass is 16.5. The van der Waals surface area contributed by atoms with E-state index in [1.54, 1.807) is 12.0 Å². The second kappa shape index (κ2) is 7.36. The Hall–Kier alpha value is -3.14. The molecule has 1 aliphatic heterocycles. The molecule has 150 valence electrons. The van der Waals surface area contributed by atoms with E-state index in [0.29, 0.717) is 34.8 Å². The average molecular weight is 391 g/mol. The molecule has 29 heavy (non-hydrogen) atoms. The first-order chi connectivity index (χ1) is 14.0. The summed E-state index contributed by atoms with van der Waals surface area (Å²) >= 11 is 0. The Bertz CT molecular complexity index is 1040. The summed E-state index contributed by atoms with van der Waals surface area (Å²) in [5, 5.41) is 9.85. The number of carbonyl (C=O) groups is 1. The molecule has 0 saturated carbocycles. The van der Waals surface area contributed by atoms with Crippen LogP contribution in [0.4, 0.5) is 5.82 Å². The third-order valence-corrected chi connectivity index (χ3v) is 5.83. The van der Waals surface area contributed by atoms with Crippen molar-refractivity contribution in [2.24, 2.45) is 0 Å². The predicted octanol–water partition coefficient (Wildman–Crippen LogP) is 3.24. The van der Waals surface area contributed by atoms with Crippen molar-refractivity contribution in [3.8, 4) is 23.1 Å². The maximum atomic E-state index is 12.9. The van der Waals surface area contributed by atoms with Gasteiger partial charge in [-0.1, -0.05) is 6.42 Å². The second-order valence-corrected chi connectivity index (χ2v) is 7.91. The fraction of sp³-hybridized carbons (Fsp3) is 0.455. The van der Waals surface area contributed by atoms with Crippen molar-refractivity contribution in [3.05, 3.63) is 34.1 Å². The quantitative estimate of drug-likeness (QED) is 0.805. The van der Waals surface area contributed by atoms with E-state index in [4.69, 9.17) is 10.5 Å². The van der Waals surface area contributed by atoms with Crippen molar-refractivity contribution in [1.29, 1.82) is 5.26 Å². The molecular weight excluding hydrogens is 366 g/mol. The van der Waals surface area contributed by atoms with Crippen LogP contribution in [0.15, 0.2) is 6.07 Å². The highest BCUT2D eigenvalue weighted by Gasteiger charge is 2.33. The minimum absolute atomic E-state index is 0.0435. The monoisotopic (exact) mass is 391 g/mol. The third kappa shape index (κ3) is 3.09. The molecule has 0 bridgehead atoms. The van der Waals surface area contributed by atoms with Crippen molar-refractivity contribution in [1.82, 2.24) is 14.9 Å². The van der Waals surface area contributed by atoms with E-state index in [-0.39, 0.29) is 17.8 Å². The summed E-state index contributed by atoms with van der Waals surface area (Å²) in [5.74, 6) is 0.592. The molecule has 2 N–H and O–H groups in total. The molecule has 0 saturated heterocycles. The lowest BCUT2D eigenvalue weighted by molar-refractivity contribution is 0.0730. The first-order valence-electron chi connectivity index (χ1n) is 10.1. The van der Waals surface area contributed by atoms with Gasteiger partial charge in [-0.3, -0.25) is 4.79 Å². The normalized spacial score (nSPS) is 15.7. The molecule has 3 heterocycles. The lowest BCUT2D eigenvalue weighted by Crippen LogP contribution is -2.30. The van der Waals surface area contributed by atoms with E-state index < -0.39 is 0 Å². The van der Waals surface area contributed by atoms with Crippen LogP contribution in [0.1, 0.15) is 66.0 Å². The molecule has 2 aromatic rings. The summed E-state index contributed by atoms with van der Waals surface area (Å²) in [6.45, 7) is 4.43. The number of ether oxygens (including phenoxy) is 1. The molecule has 0 radical (unpaired) electrons. The topological polar surface area (TPSA) is 105 Å². The predicted molar refractivity (Wildman–Crippen MR) is 109 cm³/mol. The molecule has 0 spiro atoms. The zero-order chi connectivity index (χ0) is 20.7.